The molecule has 1 saturated carbocycles. The van der Waals surface area contributed by atoms with Gasteiger partial charge in [-0.15, -0.1) is 0 Å². The summed E-state index contributed by atoms with van der Waals surface area (Å²) < 4.78 is 11.7. The van der Waals surface area contributed by atoms with E-state index >= 15 is 0 Å². The maximum Gasteiger partial charge on any atom is 0.410 e. The number of carbonyl (C=O) groups excluding carboxylic acids is 1. The molecule has 0 spiro atoms. The number of hydrogen-bond acceptors (Lipinski definition) is 3. The zero-order valence-electron chi connectivity index (χ0n) is 13.4. The molecule has 1 aliphatic carbocycles. The van der Waals surface area contributed by atoms with Gasteiger partial charge in [0.25, 0.3) is 0 Å². The summed E-state index contributed by atoms with van der Waals surface area (Å²) in [6, 6.07) is 0. The second kappa shape index (κ2) is 5.92. The van der Waals surface area contributed by atoms with Crippen molar-refractivity contribution in [3.05, 3.63) is 0 Å². The average Bonchev–Trinajstić information content (AvgIpc) is 3.19. The molecule has 1 heterocycles. The maximum absolute atomic E-state index is 12.2. The van der Waals surface area contributed by atoms with Gasteiger partial charge in [-0.1, -0.05) is 6.92 Å². The van der Waals surface area contributed by atoms with E-state index < -0.39 is 5.60 Å². The monoisotopic (exact) mass is 283 g/mol. The van der Waals surface area contributed by atoms with Gasteiger partial charge in [0.15, 0.2) is 0 Å². The van der Waals surface area contributed by atoms with Crippen LogP contribution < -0.4 is 0 Å². The van der Waals surface area contributed by atoms with E-state index in [1.807, 2.05) is 25.7 Å². The van der Waals surface area contributed by atoms with Crippen molar-refractivity contribution in [1.29, 1.82) is 0 Å². The predicted octanol–water partition coefficient (Wildman–Crippen LogP) is 3.59. The molecule has 0 aromatic rings. The van der Waals surface area contributed by atoms with Crippen molar-refractivity contribution >= 4 is 6.09 Å². The molecule has 4 nitrogen and oxygen atoms in total. The van der Waals surface area contributed by atoms with Crippen molar-refractivity contribution in [2.45, 2.75) is 71.0 Å². The Hall–Kier alpha value is -0.770. The Morgan fingerprint density at radius 3 is 2.60 bits per heavy atom. The number of piperidine rings is 1. The van der Waals surface area contributed by atoms with Crippen LogP contribution in [0.2, 0.25) is 0 Å². The highest BCUT2D eigenvalue weighted by atomic mass is 16.6. The van der Waals surface area contributed by atoms with Crippen LogP contribution in [0, 0.1) is 5.92 Å². The molecule has 0 radical (unpaired) electrons. The highest BCUT2D eigenvalue weighted by Crippen LogP contribution is 2.34. The number of amides is 1. The lowest BCUT2D eigenvalue weighted by molar-refractivity contribution is -0.0964. The molecular weight excluding hydrogens is 254 g/mol. The zero-order chi connectivity index (χ0) is 14.8. The maximum atomic E-state index is 12.2. The average molecular weight is 283 g/mol. The smallest absolute Gasteiger partial charge is 0.410 e. The number of hydrogen-bond donors (Lipinski definition) is 0. The van der Waals surface area contributed by atoms with E-state index in [0.29, 0.717) is 6.54 Å². The third-order valence-electron chi connectivity index (χ3n) is 4.16. The van der Waals surface area contributed by atoms with Gasteiger partial charge in [-0.2, -0.15) is 0 Å². The molecule has 0 aromatic heterocycles. The second-order valence-electron chi connectivity index (χ2n) is 7.30. The first kappa shape index (κ1) is 15.6. The SMILES string of the molecule is CCC1(OCC2CC2)CCCN(C(=O)OC(C)(C)C)C1. The molecule has 4 heteroatoms. The van der Waals surface area contributed by atoms with Crippen molar-refractivity contribution in [3.63, 3.8) is 0 Å². The van der Waals surface area contributed by atoms with E-state index in [4.69, 9.17) is 9.47 Å². The highest BCUT2D eigenvalue weighted by Gasteiger charge is 2.39. The van der Waals surface area contributed by atoms with Crippen LogP contribution in [0.5, 0.6) is 0 Å². The molecule has 0 aromatic carbocycles. The molecule has 0 N–H and O–H groups in total. The van der Waals surface area contributed by atoms with Crippen molar-refractivity contribution in [1.82, 2.24) is 4.90 Å². The summed E-state index contributed by atoms with van der Waals surface area (Å²) in [7, 11) is 0. The summed E-state index contributed by atoms with van der Waals surface area (Å²) in [6.45, 7) is 10.2. The van der Waals surface area contributed by atoms with Gasteiger partial charge < -0.3 is 14.4 Å². The van der Waals surface area contributed by atoms with E-state index in [2.05, 4.69) is 6.92 Å². The first-order valence-corrected chi connectivity index (χ1v) is 7.95. The lowest BCUT2D eigenvalue weighted by Crippen LogP contribution is -2.52. The second-order valence-corrected chi connectivity index (χ2v) is 7.30. The fourth-order valence-electron chi connectivity index (χ4n) is 2.67. The minimum Gasteiger partial charge on any atom is -0.444 e. The van der Waals surface area contributed by atoms with E-state index in [1.165, 1.54) is 12.8 Å². The summed E-state index contributed by atoms with van der Waals surface area (Å²) in [5, 5.41) is 0. The highest BCUT2D eigenvalue weighted by molar-refractivity contribution is 5.68. The van der Waals surface area contributed by atoms with Crippen molar-refractivity contribution in [2.75, 3.05) is 19.7 Å². The van der Waals surface area contributed by atoms with Crippen LogP contribution in [0.4, 0.5) is 4.79 Å². The fraction of sp³-hybridized carbons (Fsp3) is 0.938. The summed E-state index contributed by atoms with van der Waals surface area (Å²) >= 11 is 0. The van der Waals surface area contributed by atoms with Gasteiger partial charge in [0.05, 0.1) is 18.8 Å². The Labute approximate surface area is 122 Å². The summed E-state index contributed by atoms with van der Waals surface area (Å²) in [4.78, 5) is 14.0. The summed E-state index contributed by atoms with van der Waals surface area (Å²) in [5.41, 5.74) is -0.587. The third-order valence-corrected chi connectivity index (χ3v) is 4.16. The minimum absolute atomic E-state index is 0.155. The lowest BCUT2D eigenvalue weighted by Gasteiger charge is -2.42. The number of nitrogens with zero attached hydrogens (tertiary/aromatic N) is 1. The lowest BCUT2D eigenvalue weighted by atomic mass is 9.90. The Morgan fingerprint density at radius 2 is 2.05 bits per heavy atom. The van der Waals surface area contributed by atoms with E-state index in [1.54, 1.807) is 0 Å². The van der Waals surface area contributed by atoms with Crippen LogP contribution in [-0.2, 0) is 9.47 Å². The molecule has 20 heavy (non-hydrogen) atoms. The first-order chi connectivity index (χ1) is 9.34. The molecule has 2 aliphatic rings. The third kappa shape index (κ3) is 4.37. The summed E-state index contributed by atoms with van der Waals surface area (Å²) in [6.07, 6.45) is 5.40. The Morgan fingerprint density at radius 1 is 1.35 bits per heavy atom. The molecule has 0 bridgehead atoms. The quantitative estimate of drug-likeness (QED) is 0.791. The van der Waals surface area contributed by atoms with Gasteiger partial charge in [0.2, 0.25) is 0 Å². The molecule has 1 amide bonds. The van der Waals surface area contributed by atoms with Crippen LogP contribution in [0.3, 0.4) is 0 Å². The van der Waals surface area contributed by atoms with Gasteiger partial charge in [-0.05, 0) is 58.8 Å². The molecule has 1 aliphatic heterocycles. The van der Waals surface area contributed by atoms with Crippen LogP contribution >= 0.6 is 0 Å². The largest absolute Gasteiger partial charge is 0.444 e. The van der Waals surface area contributed by atoms with Crippen molar-refractivity contribution in [3.8, 4) is 0 Å². The fourth-order valence-corrected chi connectivity index (χ4v) is 2.67. The Kier molecular flexibility index (Phi) is 4.62. The van der Waals surface area contributed by atoms with Gasteiger partial charge in [-0.25, -0.2) is 4.79 Å². The van der Waals surface area contributed by atoms with Crippen LogP contribution in [0.25, 0.3) is 0 Å². The Balaban J connectivity index is 1.92. The molecule has 2 fully saturated rings. The molecular formula is C16H29NO3. The van der Waals surface area contributed by atoms with Gasteiger partial charge >= 0.3 is 6.09 Å². The number of likely N-dealkylation sites (tertiary alicyclic amines) is 1. The molecule has 1 atom stereocenters. The van der Waals surface area contributed by atoms with Crippen molar-refractivity contribution in [2.24, 2.45) is 5.92 Å². The van der Waals surface area contributed by atoms with Gasteiger partial charge in [-0.3, -0.25) is 0 Å². The minimum atomic E-state index is -0.432. The van der Waals surface area contributed by atoms with Crippen molar-refractivity contribution < 1.29 is 14.3 Å². The Bertz CT molecular complexity index is 346. The van der Waals surface area contributed by atoms with Gasteiger partial charge in [0, 0.05) is 6.54 Å². The van der Waals surface area contributed by atoms with Crippen LogP contribution in [-0.4, -0.2) is 41.9 Å². The normalized spacial score (nSPS) is 27.5. The zero-order valence-corrected chi connectivity index (χ0v) is 13.4. The number of ether oxygens (including phenoxy) is 2. The first-order valence-electron chi connectivity index (χ1n) is 7.95. The van der Waals surface area contributed by atoms with Crippen LogP contribution in [0.1, 0.15) is 59.8 Å². The topological polar surface area (TPSA) is 38.8 Å². The van der Waals surface area contributed by atoms with E-state index in [0.717, 1.165) is 38.3 Å². The van der Waals surface area contributed by atoms with E-state index in [9.17, 15) is 4.79 Å². The molecule has 1 saturated heterocycles. The van der Waals surface area contributed by atoms with Gasteiger partial charge in [0.1, 0.15) is 5.60 Å². The number of rotatable bonds is 4. The molecule has 1 unspecified atom stereocenters. The van der Waals surface area contributed by atoms with Crippen LogP contribution in [0.15, 0.2) is 0 Å². The van der Waals surface area contributed by atoms with E-state index in [-0.39, 0.29) is 11.7 Å². The molecule has 2 rings (SSSR count). The number of carbonyl (C=O) groups is 1. The standard InChI is InChI=1S/C16H29NO3/c1-5-16(19-11-13-7-8-13)9-6-10-17(12-16)14(18)20-15(2,3)4/h13H,5-12H2,1-4H3. The predicted molar refractivity (Wildman–Crippen MR) is 78.7 cm³/mol. The summed E-state index contributed by atoms with van der Waals surface area (Å²) in [5.74, 6) is 0.760. The molecule has 116 valence electrons.